The molecule has 0 radical (unpaired) electrons. The van der Waals surface area contributed by atoms with E-state index in [9.17, 15) is 9.59 Å². The molecule has 0 saturated heterocycles. The number of hydrogen-bond acceptors (Lipinski definition) is 3. The van der Waals surface area contributed by atoms with Crippen LogP contribution >= 0.6 is 27.5 Å². The van der Waals surface area contributed by atoms with E-state index in [-0.39, 0.29) is 6.42 Å². The highest BCUT2D eigenvalue weighted by Gasteiger charge is 2.26. The Morgan fingerprint density at radius 1 is 1.24 bits per heavy atom. The normalized spacial score (nSPS) is 13.1. The summed E-state index contributed by atoms with van der Waals surface area (Å²) in [5, 5.41) is 3.19. The number of benzene rings is 2. The fraction of sp³-hybridized carbons (Fsp3) is 0.222. The van der Waals surface area contributed by atoms with Crippen LogP contribution < -0.4 is 11.1 Å². The van der Waals surface area contributed by atoms with Gasteiger partial charge in [0.05, 0.1) is 0 Å². The first-order valence-corrected chi connectivity index (χ1v) is 8.71. The van der Waals surface area contributed by atoms with Crippen molar-refractivity contribution in [3.05, 3.63) is 69.2 Å². The fourth-order valence-electron chi connectivity index (χ4n) is 2.41. The van der Waals surface area contributed by atoms with E-state index < -0.39 is 24.0 Å². The zero-order chi connectivity index (χ0) is 18.4. The van der Waals surface area contributed by atoms with Crippen LogP contribution in [0.4, 0.5) is 0 Å². The van der Waals surface area contributed by atoms with E-state index in [0.717, 1.165) is 10.0 Å². The number of nitrogens with one attached hydrogen (secondary N) is 1. The van der Waals surface area contributed by atoms with Crippen LogP contribution in [0.2, 0.25) is 5.02 Å². The fourth-order valence-corrected chi connectivity index (χ4v) is 3.02. The predicted octanol–water partition coefficient (Wildman–Crippen LogP) is 3.00. The largest absolute Gasteiger partial charge is 0.368 e. The topological polar surface area (TPSA) is 81.4 Å². The molecule has 132 valence electrons. The molecule has 0 aliphatic heterocycles. The van der Waals surface area contributed by atoms with Crippen LogP contribution in [-0.2, 0) is 20.7 Å². The number of carbonyl (C=O) groups excluding carboxylic acids is 2. The first-order chi connectivity index (χ1) is 11.9. The summed E-state index contributed by atoms with van der Waals surface area (Å²) in [6, 6.07) is 13.4. The molecule has 0 saturated carbocycles. The van der Waals surface area contributed by atoms with Gasteiger partial charge < -0.3 is 15.8 Å². The Bertz CT molecular complexity index is 755. The van der Waals surface area contributed by atoms with Crippen molar-refractivity contribution < 1.29 is 14.3 Å². The zero-order valence-electron chi connectivity index (χ0n) is 13.5. The highest BCUT2D eigenvalue weighted by Crippen LogP contribution is 2.23. The zero-order valence-corrected chi connectivity index (χ0v) is 15.9. The minimum Gasteiger partial charge on any atom is -0.368 e. The average Bonchev–Trinajstić information content (AvgIpc) is 2.59. The van der Waals surface area contributed by atoms with E-state index in [1.807, 2.05) is 18.2 Å². The highest BCUT2D eigenvalue weighted by molar-refractivity contribution is 9.10. The van der Waals surface area contributed by atoms with Crippen LogP contribution in [0.15, 0.2) is 53.0 Å². The third-order valence-electron chi connectivity index (χ3n) is 3.67. The molecule has 0 unspecified atom stereocenters. The lowest BCUT2D eigenvalue weighted by Gasteiger charge is -2.21. The molecule has 0 fully saturated rings. The van der Waals surface area contributed by atoms with Crippen LogP contribution in [0.3, 0.4) is 0 Å². The number of amides is 2. The Labute approximate surface area is 159 Å². The third kappa shape index (κ3) is 5.29. The quantitative estimate of drug-likeness (QED) is 0.715. The van der Waals surface area contributed by atoms with Crippen LogP contribution in [0.1, 0.15) is 17.2 Å². The second-order valence-electron chi connectivity index (χ2n) is 5.43. The maximum absolute atomic E-state index is 12.5. The minimum absolute atomic E-state index is 0.216. The molecule has 0 bridgehead atoms. The molecular weight excluding hydrogens is 408 g/mol. The lowest BCUT2D eigenvalue weighted by atomic mass is 10.0. The smallest absolute Gasteiger partial charge is 0.254 e. The van der Waals surface area contributed by atoms with E-state index in [0.29, 0.717) is 10.6 Å². The molecule has 0 aromatic heterocycles. The molecule has 2 aromatic carbocycles. The Balaban J connectivity index is 2.16. The van der Waals surface area contributed by atoms with Gasteiger partial charge in [-0.2, -0.15) is 0 Å². The maximum Gasteiger partial charge on any atom is 0.254 e. The minimum atomic E-state index is -0.886. The molecule has 0 aliphatic rings. The Morgan fingerprint density at radius 3 is 2.52 bits per heavy atom. The van der Waals surface area contributed by atoms with Crippen LogP contribution in [-0.4, -0.2) is 25.0 Å². The summed E-state index contributed by atoms with van der Waals surface area (Å²) in [5.41, 5.74) is 6.92. The summed E-state index contributed by atoms with van der Waals surface area (Å²) in [4.78, 5) is 24.4. The van der Waals surface area contributed by atoms with Crippen LogP contribution in [0, 0.1) is 0 Å². The van der Waals surface area contributed by atoms with Crippen molar-refractivity contribution in [1.82, 2.24) is 5.32 Å². The van der Waals surface area contributed by atoms with Gasteiger partial charge in [-0.05, 0) is 29.3 Å². The number of rotatable bonds is 7. The Morgan fingerprint density at radius 2 is 1.92 bits per heavy atom. The van der Waals surface area contributed by atoms with Crippen molar-refractivity contribution in [3.63, 3.8) is 0 Å². The van der Waals surface area contributed by atoms with Crippen LogP contribution in [0.25, 0.3) is 0 Å². The van der Waals surface area contributed by atoms with Crippen molar-refractivity contribution >= 4 is 39.3 Å². The molecule has 0 spiro atoms. The van der Waals surface area contributed by atoms with Crippen LogP contribution in [0.5, 0.6) is 0 Å². The number of hydrogen-bond donors (Lipinski definition) is 2. The van der Waals surface area contributed by atoms with E-state index in [1.54, 1.807) is 30.3 Å². The van der Waals surface area contributed by atoms with E-state index in [1.165, 1.54) is 7.11 Å². The van der Waals surface area contributed by atoms with Gasteiger partial charge in [-0.25, -0.2) is 0 Å². The molecule has 2 rings (SSSR count). The van der Waals surface area contributed by atoms with Gasteiger partial charge >= 0.3 is 0 Å². The average molecular weight is 426 g/mol. The molecule has 2 aromatic rings. The molecule has 7 heteroatoms. The molecule has 5 nitrogen and oxygen atoms in total. The number of primary amides is 1. The van der Waals surface area contributed by atoms with Crippen molar-refractivity contribution in [2.45, 2.75) is 18.6 Å². The first kappa shape index (κ1) is 19.4. The van der Waals surface area contributed by atoms with Crippen molar-refractivity contribution in [2.75, 3.05) is 7.11 Å². The molecule has 2 atom stereocenters. The van der Waals surface area contributed by atoms with Crippen molar-refractivity contribution in [2.24, 2.45) is 5.73 Å². The van der Waals surface area contributed by atoms with Gasteiger partial charge in [0.15, 0.2) is 6.10 Å². The summed E-state index contributed by atoms with van der Waals surface area (Å²) in [6.07, 6.45) is -0.612. The summed E-state index contributed by atoms with van der Waals surface area (Å²) >= 11 is 9.40. The Hall–Kier alpha value is -1.89. The molecule has 2 amide bonds. The number of nitrogens with two attached hydrogens (primary N) is 1. The lowest BCUT2D eigenvalue weighted by molar-refractivity contribution is -0.134. The second-order valence-corrected chi connectivity index (χ2v) is 6.72. The first-order valence-electron chi connectivity index (χ1n) is 7.53. The van der Waals surface area contributed by atoms with Gasteiger partial charge in [0.1, 0.15) is 6.04 Å². The van der Waals surface area contributed by atoms with Gasteiger partial charge in [0, 0.05) is 23.0 Å². The molecular formula is C18H18BrClN2O3. The molecule has 25 heavy (non-hydrogen) atoms. The van der Waals surface area contributed by atoms with Gasteiger partial charge in [-0.3, -0.25) is 9.59 Å². The number of methoxy groups -OCH3 is 1. The second kappa shape index (κ2) is 8.99. The SMILES string of the molecule is CO[C@@H](C(=O)N[C@@H](Cc1cc(Cl)ccc1Br)C(N)=O)c1ccccc1. The highest BCUT2D eigenvalue weighted by atomic mass is 79.9. The molecule has 0 aliphatic carbocycles. The lowest BCUT2D eigenvalue weighted by Crippen LogP contribution is -2.47. The summed E-state index contributed by atoms with van der Waals surface area (Å²) in [7, 11) is 1.43. The number of ether oxygens (including phenoxy) is 1. The number of halogens is 2. The van der Waals surface area contributed by atoms with Gasteiger partial charge in [-0.1, -0.05) is 57.9 Å². The van der Waals surface area contributed by atoms with Crippen molar-refractivity contribution in [1.29, 1.82) is 0 Å². The maximum atomic E-state index is 12.5. The van der Waals surface area contributed by atoms with Gasteiger partial charge in [0.2, 0.25) is 5.91 Å². The molecule has 3 N–H and O–H groups in total. The summed E-state index contributed by atoms with van der Waals surface area (Å²) in [5.74, 6) is -1.07. The van der Waals surface area contributed by atoms with Gasteiger partial charge in [0.25, 0.3) is 5.91 Å². The standard InChI is InChI=1S/C18H18BrClN2O3/c1-25-16(11-5-3-2-4-6-11)18(24)22-15(17(21)23)10-12-9-13(20)7-8-14(12)19/h2-9,15-16H,10H2,1H3,(H2,21,23)(H,22,24)/t15-,16+/m0/s1. The van der Waals surface area contributed by atoms with E-state index in [4.69, 9.17) is 22.1 Å². The van der Waals surface area contributed by atoms with Gasteiger partial charge in [-0.15, -0.1) is 0 Å². The van der Waals surface area contributed by atoms with Crippen molar-refractivity contribution in [3.8, 4) is 0 Å². The summed E-state index contributed by atoms with van der Waals surface area (Å²) < 4.78 is 6.06. The Kier molecular flexibility index (Phi) is 6.99. The third-order valence-corrected chi connectivity index (χ3v) is 4.68. The monoisotopic (exact) mass is 424 g/mol. The summed E-state index contributed by atoms with van der Waals surface area (Å²) in [6.45, 7) is 0. The molecule has 0 heterocycles. The number of carbonyl (C=O) groups is 2. The van der Waals surface area contributed by atoms with E-state index in [2.05, 4.69) is 21.2 Å². The predicted molar refractivity (Wildman–Crippen MR) is 100 cm³/mol. The van der Waals surface area contributed by atoms with E-state index >= 15 is 0 Å².